The molecule has 1 aromatic rings. The van der Waals surface area contributed by atoms with Crippen LogP contribution in [0.25, 0.3) is 0 Å². The summed E-state index contributed by atoms with van der Waals surface area (Å²) in [5.74, 6) is 0. The lowest BCUT2D eigenvalue weighted by Crippen LogP contribution is -2.08. The molecule has 0 bridgehead atoms. The highest BCUT2D eigenvalue weighted by atomic mass is 16.7. The molecule has 0 aliphatic carbocycles. The zero-order chi connectivity index (χ0) is 9.68. The monoisotopic (exact) mass is 180 g/mol. The second-order valence-electron chi connectivity index (χ2n) is 2.62. The zero-order valence-corrected chi connectivity index (χ0v) is 7.69. The molecule has 0 radical (unpaired) electrons. The van der Waals surface area contributed by atoms with Gasteiger partial charge in [0.2, 0.25) is 0 Å². The molecule has 70 valence electrons. The first-order chi connectivity index (χ1) is 6.24. The molecule has 3 heteroatoms. The van der Waals surface area contributed by atoms with E-state index in [1.807, 2.05) is 30.3 Å². The van der Waals surface area contributed by atoms with Crippen LogP contribution in [0.5, 0.6) is 0 Å². The van der Waals surface area contributed by atoms with Crippen LogP contribution in [0.3, 0.4) is 0 Å². The highest BCUT2D eigenvalue weighted by molar-refractivity contribution is 5.60. The summed E-state index contributed by atoms with van der Waals surface area (Å²) in [5.41, 5.74) is 0.952. The van der Waals surface area contributed by atoms with Crippen molar-refractivity contribution >= 4 is 6.16 Å². The van der Waals surface area contributed by atoms with Gasteiger partial charge in [0.1, 0.15) is 6.10 Å². The number of ether oxygens (including phenoxy) is 2. The van der Waals surface area contributed by atoms with Crippen molar-refractivity contribution in [2.75, 3.05) is 7.11 Å². The Hall–Kier alpha value is -1.51. The predicted octanol–water partition coefficient (Wildman–Crippen LogP) is 2.53. The first-order valence-corrected chi connectivity index (χ1v) is 4.03. The minimum atomic E-state index is -0.656. The topological polar surface area (TPSA) is 35.5 Å². The lowest BCUT2D eigenvalue weighted by Gasteiger charge is -2.11. The van der Waals surface area contributed by atoms with Crippen molar-refractivity contribution in [3.8, 4) is 0 Å². The Morgan fingerprint density at radius 3 is 2.46 bits per heavy atom. The fourth-order valence-corrected chi connectivity index (χ4v) is 0.985. The van der Waals surface area contributed by atoms with Crippen LogP contribution in [0.2, 0.25) is 0 Å². The van der Waals surface area contributed by atoms with E-state index in [0.717, 1.165) is 5.56 Å². The van der Waals surface area contributed by atoms with Gasteiger partial charge in [0, 0.05) is 0 Å². The van der Waals surface area contributed by atoms with Gasteiger partial charge >= 0.3 is 6.16 Å². The van der Waals surface area contributed by atoms with Gasteiger partial charge < -0.3 is 9.47 Å². The molecule has 1 rings (SSSR count). The van der Waals surface area contributed by atoms with E-state index in [0.29, 0.717) is 0 Å². The first-order valence-electron chi connectivity index (χ1n) is 4.03. The molecule has 3 nitrogen and oxygen atoms in total. The molecule has 0 spiro atoms. The second kappa shape index (κ2) is 4.50. The van der Waals surface area contributed by atoms with Crippen LogP contribution in [0.4, 0.5) is 4.79 Å². The van der Waals surface area contributed by atoms with Crippen molar-refractivity contribution in [1.82, 2.24) is 0 Å². The summed E-state index contributed by atoms with van der Waals surface area (Å²) >= 11 is 0. The van der Waals surface area contributed by atoms with Gasteiger partial charge in [0.15, 0.2) is 0 Å². The van der Waals surface area contributed by atoms with E-state index in [1.165, 1.54) is 7.11 Å². The molecule has 0 unspecified atom stereocenters. The van der Waals surface area contributed by atoms with Gasteiger partial charge in [0.05, 0.1) is 7.11 Å². The fourth-order valence-electron chi connectivity index (χ4n) is 0.985. The van der Waals surface area contributed by atoms with E-state index in [4.69, 9.17) is 4.74 Å². The molecule has 0 amide bonds. The van der Waals surface area contributed by atoms with Crippen molar-refractivity contribution in [2.45, 2.75) is 13.0 Å². The highest BCUT2D eigenvalue weighted by Crippen LogP contribution is 2.15. The van der Waals surface area contributed by atoms with Gasteiger partial charge in [-0.3, -0.25) is 0 Å². The Morgan fingerprint density at radius 2 is 1.92 bits per heavy atom. The largest absolute Gasteiger partial charge is 0.508 e. The van der Waals surface area contributed by atoms with E-state index >= 15 is 0 Å². The van der Waals surface area contributed by atoms with Gasteiger partial charge in [-0.2, -0.15) is 0 Å². The normalized spacial score (nSPS) is 11.8. The molecule has 0 saturated heterocycles. The van der Waals surface area contributed by atoms with Crippen molar-refractivity contribution in [3.05, 3.63) is 35.9 Å². The summed E-state index contributed by atoms with van der Waals surface area (Å²) in [6.45, 7) is 1.80. The summed E-state index contributed by atoms with van der Waals surface area (Å²) in [4.78, 5) is 10.8. The molecule has 0 aromatic heterocycles. The molecule has 0 aliphatic rings. The Labute approximate surface area is 77.3 Å². The van der Waals surface area contributed by atoms with Crippen molar-refractivity contribution in [1.29, 1.82) is 0 Å². The van der Waals surface area contributed by atoms with E-state index < -0.39 is 6.16 Å². The molecule has 0 aliphatic heterocycles. The molecule has 1 atom stereocenters. The number of hydrogen-bond acceptors (Lipinski definition) is 3. The number of carbonyl (C=O) groups excluding carboxylic acids is 1. The molecule has 0 N–H and O–H groups in total. The third-order valence-corrected chi connectivity index (χ3v) is 1.71. The van der Waals surface area contributed by atoms with Crippen LogP contribution in [-0.2, 0) is 9.47 Å². The van der Waals surface area contributed by atoms with Gasteiger partial charge in [-0.1, -0.05) is 30.3 Å². The summed E-state index contributed by atoms with van der Waals surface area (Å²) < 4.78 is 9.31. The number of carbonyl (C=O) groups is 1. The molecule has 0 saturated carbocycles. The molecule has 13 heavy (non-hydrogen) atoms. The third-order valence-electron chi connectivity index (χ3n) is 1.71. The number of methoxy groups -OCH3 is 1. The summed E-state index contributed by atoms with van der Waals surface area (Å²) in [7, 11) is 1.29. The number of benzene rings is 1. The maximum absolute atomic E-state index is 10.8. The van der Waals surface area contributed by atoms with Crippen LogP contribution in [0.1, 0.15) is 18.6 Å². The van der Waals surface area contributed by atoms with E-state index in [2.05, 4.69) is 4.74 Å². The van der Waals surface area contributed by atoms with E-state index in [9.17, 15) is 4.79 Å². The maximum Gasteiger partial charge on any atom is 0.508 e. The maximum atomic E-state index is 10.8. The fraction of sp³-hybridized carbons (Fsp3) is 0.300. The van der Waals surface area contributed by atoms with Crippen molar-refractivity contribution in [2.24, 2.45) is 0 Å². The minimum Gasteiger partial charge on any atom is -0.438 e. The first kappa shape index (κ1) is 9.58. The standard InChI is InChI=1S/C10H12O3/c1-8(13-10(11)12-2)9-6-4-3-5-7-9/h3-8H,1-2H3/t8-/m1/s1. The Balaban J connectivity index is 2.59. The van der Waals surface area contributed by atoms with Crippen LogP contribution < -0.4 is 0 Å². The molecule has 1 aromatic carbocycles. The van der Waals surface area contributed by atoms with Crippen LogP contribution >= 0.6 is 0 Å². The summed E-state index contributed by atoms with van der Waals surface area (Å²) in [6.07, 6.45) is -0.926. The number of hydrogen-bond donors (Lipinski definition) is 0. The van der Waals surface area contributed by atoms with E-state index in [1.54, 1.807) is 6.92 Å². The molecular formula is C10H12O3. The quantitative estimate of drug-likeness (QED) is 0.656. The SMILES string of the molecule is COC(=O)O[C@H](C)c1ccccc1. The smallest absolute Gasteiger partial charge is 0.438 e. The van der Waals surface area contributed by atoms with E-state index in [-0.39, 0.29) is 6.10 Å². The average Bonchev–Trinajstić information content (AvgIpc) is 2.19. The Kier molecular flexibility index (Phi) is 3.31. The van der Waals surface area contributed by atoms with Crippen molar-refractivity contribution < 1.29 is 14.3 Å². The summed E-state index contributed by atoms with van der Waals surface area (Å²) in [6, 6.07) is 9.49. The zero-order valence-electron chi connectivity index (χ0n) is 7.69. The predicted molar refractivity (Wildman–Crippen MR) is 48.3 cm³/mol. The molecular weight excluding hydrogens is 168 g/mol. The van der Waals surface area contributed by atoms with Crippen LogP contribution in [-0.4, -0.2) is 13.3 Å². The lowest BCUT2D eigenvalue weighted by atomic mass is 10.1. The van der Waals surface area contributed by atoms with Gasteiger partial charge in [-0.25, -0.2) is 4.79 Å². The number of rotatable bonds is 2. The Morgan fingerprint density at radius 1 is 1.31 bits per heavy atom. The van der Waals surface area contributed by atoms with Crippen molar-refractivity contribution in [3.63, 3.8) is 0 Å². The molecule has 0 heterocycles. The van der Waals surface area contributed by atoms with Gasteiger partial charge in [0.25, 0.3) is 0 Å². The second-order valence-corrected chi connectivity index (χ2v) is 2.62. The Bertz CT molecular complexity index is 269. The lowest BCUT2D eigenvalue weighted by molar-refractivity contribution is 0.0430. The van der Waals surface area contributed by atoms with Crippen LogP contribution in [0, 0.1) is 0 Å². The minimum absolute atomic E-state index is 0.270. The van der Waals surface area contributed by atoms with Crippen LogP contribution in [0.15, 0.2) is 30.3 Å². The summed E-state index contributed by atoms with van der Waals surface area (Å²) in [5, 5.41) is 0. The van der Waals surface area contributed by atoms with Gasteiger partial charge in [-0.05, 0) is 12.5 Å². The average molecular weight is 180 g/mol. The molecule has 0 fully saturated rings. The highest BCUT2D eigenvalue weighted by Gasteiger charge is 2.10. The van der Waals surface area contributed by atoms with Gasteiger partial charge in [-0.15, -0.1) is 0 Å². The third kappa shape index (κ3) is 2.78.